The van der Waals surface area contributed by atoms with Crippen molar-refractivity contribution in [1.29, 1.82) is 0 Å². The highest BCUT2D eigenvalue weighted by Crippen LogP contribution is 2.46. The maximum atomic E-state index is 6.21. The van der Waals surface area contributed by atoms with Gasteiger partial charge in [-0.3, -0.25) is 0 Å². The highest BCUT2D eigenvalue weighted by molar-refractivity contribution is 5.54. The van der Waals surface area contributed by atoms with Crippen LogP contribution in [0.15, 0.2) is 6.07 Å². The van der Waals surface area contributed by atoms with E-state index in [2.05, 4.69) is 54.5 Å². The molecule has 0 N–H and O–H groups in total. The molecule has 0 aromatic heterocycles. The van der Waals surface area contributed by atoms with Crippen LogP contribution in [0.5, 0.6) is 5.75 Å². The van der Waals surface area contributed by atoms with E-state index in [1.54, 1.807) is 0 Å². The summed E-state index contributed by atoms with van der Waals surface area (Å²) in [4.78, 5) is 0. The highest BCUT2D eigenvalue weighted by Gasteiger charge is 2.32. The number of rotatable bonds is 2. The van der Waals surface area contributed by atoms with Crippen molar-refractivity contribution in [2.24, 2.45) is 5.92 Å². The molecule has 2 rings (SSSR count). The average molecular weight is 260 g/mol. The summed E-state index contributed by atoms with van der Waals surface area (Å²) in [5.74, 6) is 3.05. The lowest BCUT2D eigenvalue weighted by Gasteiger charge is -2.36. The summed E-state index contributed by atoms with van der Waals surface area (Å²) in [5, 5.41) is 0. The van der Waals surface area contributed by atoms with Crippen LogP contribution in [0.2, 0.25) is 0 Å². The summed E-state index contributed by atoms with van der Waals surface area (Å²) in [5.41, 5.74) is 5.67. The summed E-state index contributed by atoms with van der Waals surface area (Å²) in [7, 11) is 0. The Bertz CT molecular complexity index is 471. The Kier molecular flexibility index (Phi) is 3.94. The fourth-order valence-corrected chi connectivity index (χ4v) is 3.27. The molecule has 0 saturated heterocycles. The van der Waals surface area contributed by atoms with Crippen LogP contribution in [0, 0.1) is 19.8 Å². The lowest BCUT2D eigenvalue weighted by Crippen LogP contribution is -2.27. The maximum Gasteiger partial charge on any atom is 0.126 e. The summed E-state index contributed by atoms with van der Waals surface area (Å²) < 4.78 is 6.21. The average Bonchev–Trinajstić information content (AvgIpc) is 2.32. The SMILES string of the molecule is Cc1cc(C(C)C)c2c(c1C)O[C@H](C)CC2C(C)C. The van der Waals surface area contributed by atoms with Crippen LogP contribution in [0.25, 0.3) is 0 Å². The fourth-order valence-electron chi connectivity index (χ4n) is 3.27. The van der Waals surface area contributed by atoms with Gasteiger partial charge in [-0.15, -0.1) is 0 Å². The van der Waals surface area contributed by atoms with Crippen LogP contribution in [0.1, 0.15) is 75.1 Å². The van der Waals surface area contributed by atoms with E-state index < -0.39 is 0 Å². The molecule has 0 aliphatic carbocycles. The van der Waals surface area contributed by atoms with Gasteiger partial charge in [-0.05, 0) is 61.6 Å². The minimum atomic E-state index is 0.334. The first kappa shape index (κ1) is 14.4. The van der Waals surface area contributed by atoms with Gasteiger partial charge < -0.3 is 4.74 Å². The molecule has 0 spiro atoms. The highest BCUT2D eigenvalue weighted by atomic mass is 16.5. The maximum absolute atomic E-state index is 6.21. The Hall–Kier alpha value is -0.980. The smallest absolute Gasteiger partial charge is 0.126 e. The second-order valence-electron chi connectivity index (χ2n) is 6.82. The predicted molar refractivity (Wildman–Crippen MR) is 82.3 cm³/mol. The molecule has 106 valence electrons. The van der Waals surface area contributed by atoms with Crippen LogP contribution in [0.4, 0.5) is 0 Å². The van der Waals surface area contributed by atoms with E-state index in [4.69, 9.17) is 4.74 Å². The van der Waals surface area contributed by atoms with E-state index in [-0.39, 0.29) is 0 Å². The first-order valence-corrected chi connectivity index (χ1v) is 7.63. The molecule has 1 aromatic rings. The van der Waals surface area contributed by atoms with Gasteiger partial charge in [0.25, 0.3) is 0 Å². The third-order valence-electron chi connectivity index (χ3n) is 4.56. The van der Waals surface area contributed by atoms with E-state index in [0.29, 0.717) is 23.9 Å². The molecule has 0 fully saturated rings. The van der Waals surface area contributed by atoms with Crippen molar-refractivity contribution in [2.45, 2.75) is 72.8 Å². The molecule has 0 amide bonds. The molecule has 1 aliphatic rings. The summed E-state index contributed by atoms with van der Waals surface area (Å²) in [6, 6.07) is 2.38. The summed E-state index contributed by atoms with van der Waals surface area (Å²) in [6.45, 7) is 15.9. The minimum Gasteiger partial charge on any atom is -0.490 e. The normalized spacial score (nSPS) is 22.6. The van der Waals surface area contributed by atoms with Crippen LogP contribution < -0.4 is 4.74 Å². The second kappa shape index (κ2) is 5.19. The fraction of sp³-hybridized carbons (Fsp3) is 0.667. The molecule has 19 heavy (non-hydrogen) atoms. The van der Waals surface area contributed by atoms with E-state index in [0.717, 1.165) is 6.42 Å². The van der Waals surface area contributed by atoms with Crippen LogP contribution >= 0.6 is 0 Å². The Morgan fingerprint density at radius 2 is 1.79 bits per heavy atom. The Balaban J connectivity index is 2.68. The largest absolute Gasteiger partial charge is 0.490 e. The van der Waals surface area contributed by atoms with Gasteiger partial charge in [0, 0.05) is 5.56 Å². The van der Waals surface area contributed by atoms with Gasteiger partial charge in [-0.1, -0.05) is 33.8 Å². The molecule has 0 saturated carbocycles. The van der Waals surface area contributed by atoms with Crippen molar-refractivity contribution >= 4 is 0 Å². The number of aryl methyl sites for hydroxylation is 1. The van der Waals surface area contributed by atoms with Gasteiger partial charge in [0.05, 0.1) is 6.10 Å². The van der Waals surface area contributed by atoms with E-state index in [1.165, 1.54) is 28.0 Å². The van der Waals surface area contributed by atoms with E-state index in [9.17, 15) is 0 Å². The lowest BCUT2D eigenvalue weighted by molar-refractivity contribution is 0.160. The molecule has 1 nitrogen and oxygen atoms in total. The zero-order valence-corrected chi connectivity index (χ0v) is 13.5. The van der Waals surface area contributed by atoms with Crippen LogP contribution in [-0.2, 0) is 0 Å². The van der Waals surface area contributed by atoms with Gasteiger partial charge in [-0.25, -0.2) is 0 Å². The zero-order chi connectivity index (χ0) is 14.3. The van der Waals surface area contributed by atoms with Crippen molar-refractivity contribution in [3.63, 3.8) is 0 Å². The molecule has 1 aliphatic heterocycles. The van der Waals surface area contributed by atoms with Crippen molar-refractivity contribution < 1.29 is 4.74 Å². The lowest BCUT2D eigenvalue weighted by atomic mass is 9.76. The zero-order valence-electron chi connectivity index (χ0n) is 13.5. The monoisotopic (exact) mass is 260 g/mol. The van der Waals surface area contributed by atoms with Crippen molar-refractivity contribution in [1.82, 2.24) is 0 Å². The number of hydrogen-bond acceptors (Lipinski definition) is 1. The molecule has 1 aromatic carbocycles. The number of ether oxygens (including phenoxy) is 1. The third kappa shape index (κ3) is 2.52. The van der Waals surface area contributed by atoms with Gasteiger partial charge in [0.15, 0.2) is 0 Å². The Morgan fingerprint density at radius 3 is 2.32 bits per heavy atom. The van der Waals surface area contributed by atoms with E-state index >= 15 is 0 Å². The van der Waals surface area contributed by atoms with E-state index in [1.807, 2.05) is 0 Å². The first-order valence-electron chi connectivity index (χ1n) is 7.63. The van der Waals surface area contributed by atoms with Gasteiger partial charge in [0.1, 0.15) is 5.75 Å². The van der Waals surface area contributed by atoms with Gasteiger partial charge >= 0.3 is 0 Å². The number of hydrogen-bond donors (Lipinski definition) is 0. The molecular weight excluding hydrogens is 232 g/mol. The van der Waals surface area contributed by atoms with Crippen LogP contribution in [-0.4, -0.2) is 6.10 Å². The molecule has 0 radical (unpaired) electrons. The molecule has 1 heterocycles. The molecule has 1 unspecified atom stereocenters. The third-order valence-corrected chi connectivity index (χ3v) is 4.56. The molecular formula is C18H28O. The quantitative estimate of drug-likeness (QED) is 0.697. The number of benzene rings is 1. The van der Waals surface area contributed by atoms with Crippen molar-refractivity contribution in [3.05, 3.63) is 28.3 Å². The summed E-state index contributed by atoms with van der Waals surface area (Å²) in [6.07, 6.45) is 1.48. The minimum absolute atomic E-state index is 0.334. The van der Waals surface area contributed by atoms with Gasteiger partial charge in [0.2, 0.25) is 0 Å². The predicted octanol–water partition coefficient (Wildman–Crippen LogP) is 5.34. The second-order valence-corrected chi connectivity index (χ2v) is 6.82. The summed E-state index contributed by atoms with van der Waals surface area (Å²) >= 11 is 0. The number of fused-ring (bicyclic) bond motifs is 1. The molecule has 2 atom stereocenters. The van der Waals surface area contributed by atoms with Crippen molar-refractivity contribution in [2.75, 3.05) is 0 Å². The Morgan fingerprint density at radius 1 is 1.16 bits per heavy atom. The Labute approximate surface area is 118 Å². The van der Waals surface area contributed by atoms with Crippen molar-refractivity contribution in [3.8, 4) is 5.75 Å². The topological polar surface area (TPSA) is 9.23 Å². The molecule has 0 bridgehead atoms. The first-order chi connectivity index (χ1) is 8.82. The van der Waals surface area contributed by atoms with Gasteiger partial charge in [-0.2, -0.15) is 0 Å². The van der Waals surface area contributed by atoms with Crippen LogP contribution in [0.3, 0.4) is 0 Å². The molecule has 1 heteroatoms. The standard InChI is InChI=1S/C18H28O/c1-10(2)15-8-12(5)14(7)18-17(15)16(11(3)4)9-13(6)19-18/h8,10-11,13,16H,9H2,1-7H3/t13-,16?/m1/s1.